The molecule has 1 aromatic carbocycles. The first-order valence-corrected chi connectivity index (χ1v) is 7.04. The molecule has 2 N–H and O–H groups in total. The van der Waals surface area contributed by atoms with Crippen LogP contribution in [0.2, 0.25) is 0 Å². The van der Waals surface area contributed by atoms with Crippen molar-refractivity contribution in [2.24, 2.45) is 5.73 Å². The van der Waals surface area contributed by atoms with Gasteiger partial charge in [-0.25, -0.2) is 0 Å². The van der Waals surface area contributed by atoms with Gasteiger partial charge >= 0.3 is 0 Å². The summed E-state index contributed by atoms with van der Waals surface area (Å²) in [6.07, 6.45) is 0.813. The van der Waals surface area contributed by atoms with Crippen LogP contribution in [0.15, 0.2) is 18.2 Å². The first-order valence-electron chi connectivity index (χ1n) is 5.89. The zero-order valence-electron chi connectivity index (χ0n) is 10.6. The molecule has 3 nitrogen and oxygen atoms in total. The molecule has 4 heteroatoms. The third-order valence-electron chi connectivity index (χ3n) is 2.37. The summed E-state index contributed by atoms with van der Waals surface area (Å²) in [5, 5.41) is 0. The van der Waals surface area contributed by atoms with E-state index in [0.29, 0.717) is 6.54 Å². The highest BCUT2D eigenvalue weighted by Crippen LogP contribution is 2.24. The molecule has 0 amide bonds. The smallest absolute Gasteiger partial charge is 0.122 e. The summed E-state index contributed by atoms with van der Waals surface area (Å²) < 4.78 is 11.0. The van der Waals surface area contributed by atoms with E-state index in [-0.39, 0.29) is 0 Å². The molecule has 0 spiro atoms. The fraction of sp³-hybridized carbons (Fsp3) is 0.538. The zero-order valence-corrected chi connectivity index (χ0v) is 11.4. The molecule has 0 fully saturated rings. The molecule has 0 atom stereocenters. The van der Waals surface area contributed by atoms with E-state index in [9.17, 15) is 0 Å². The van der Waals surface area contributed by atoms with Crippen molar-refractivity contribution in [2.45, 2.75) is 13.3 Å². The maximum absolute atomic E-state index is 5.76. The minimum absolute atomic E-state index is 0.618. The Hall–Kier alpha value is -0.870. The highest BCUT2D eigenvalue weighted by Gasteiger charge is 2.05. The van der Waals surface area contributed by atoms with Crippen LogP contribution in [0.5, 0.6) is 11.5 Å². The summed E-state index contributed by atoms with van der Waals surface area (Å²) in [5.74, 6) is 3.92. The lowest BCUT2D eigenvalue weighted by Crippen LogP contribution is -2.07. The average molecular weight is 255 g/mol. The van der Waals surface area contributed by atoms with Crippen LogP contribution in [0.4, 0.5) is 0 Å². The molecule has 1 rings (SSSR count). The third kappa shape index (κ3) is 4.88. The molecule has 0 saturated carbocycles. The molecule has 1 aromatic rings. The van der Waals surface area contributed by atoms with E-state index in [0.717, 1.165) is 41.6 Å². The quantitative estimate of drug-likeness (QED) is 0.724. The van der Waals surface area contributed by atoms with Crippen molar-refractivity contribution in [1.82, 2.24) is 0 Å². The number of ether oxygens (including phenoxy) is 2. The van der Waals surface area contributed by atoms with Crippen molar-refractivity contribution < 1.29 is 9.47 Å². The van der Waals surface area contributed by atoms with Crippen molar-refractivity contribution in [3.63, 3.8) is 0 Å². The maximum Gasteiger partial charge on any atom is 0.122 e. The average Bonchev–Trinajstić information content (AvgIpc) is 2.36. The first-order chi connectivity index (χ1) is 8.31. The molecular formula is C13H21NO2S. The highest BCUT2D eigenvalue weighted by atomic mass is 32.2. The number of nitrogens with two attached hydrogens (primary N) is 1. The second-order valence-corrected chi connectivity index (χ2v) is 4.95. The molecule has 0 radical (unpaired) electrons. The molecule has 0 unspecified atom stereocenters. The molecule has 0 heterocycles. The zero-order chi connectivity index (χ0) is 12.5. The van der Waals surface area contributed by atoms with Gasteiger partial charge in [0.25, 0.3) is 0 Å². The second-order valence-electron chi connectivity index (χ2n) is 3.56. The Bertz CT molecular complexity index is 331. The Balaban J connectivity index is 2.62. The van der Waals surface area contributed by atoms with Crippen LogP contribution in [-0.2, 0) is 6.42 Å². The summed E-state index contributed by atoms with van der Waals surface area (Å²) in [6, 6.07) is 5.87. The summed E-state index contributed by atoms with van der Waals surface area (Å²) in [5.41, 5.74) is 6.72. The number of thioether (sulfide) groups is 1. The number of hydrogen-bond donors (Lipinski definition) is 1. The first kappa shape index (κ1) is 14.2. The van der Waals surface area contributed by atoms with Gasteiger partial charge in [-0.1, -0.05) is 6.92 Å². The maximum atomic E-state index is 5.76. The van der Waals surface area contributed by atoms with Gasteiger partial charge in [0, 0.05) is 5.75 Å². The normalized spacial score (nSPS) is 10.3. The minimum atomic E-state index is 0.618. The molecule has 17 heavy (non-hydrogen) atoms. The van der Waals surface area contributed by atoms with Gasteiger partial charge in [-0.3, -0.25) is 0 Å². The Morgan fingerprint density at radius 3 is 2.82 bits per heavy atom. The fourth-order valence-electron chi connectivity index (χ4n) is 1.53. The Morgan fingerprint density at radius 1 is 1.35 bits per heavy atom. The molecule has 0 saturated heterocycles. The van der Waals surface area contributed by atoms with Crippen LogP contribution in [0.25, 0.3) is 0 Å². The van der Waals surface area contributed by atoms with Crippen LogP contribution in [0, 0.1) is 0 Å². The van der Waals surface area contributed by atoms with Crippen LogP contribution < -0.4 is 15.2 Å². The van der Waals surface area contributed by atoms with Crippen molar-refractivity contribution >= 4 is 11.8 Å². The predicted molar refractivity (Wildman–Crippen MR) is 74.2 cm³/mol. The number of methoxy groups -OCH3 is 1. The molecule has 0 aromatic heterocycles. The lowest BCUT2D eigenvalue weighted by molar-refractivity contribution is 0.338. The lowest BCUT2D eigenvalue weighted by Gasteiger charge is -2.12. The molecule has 96 valence electrons. The van der Waals surface area contributed by atoms with Gasteiger partial charge < -0.3 is 15.2 Å². The van der Waals surface area contributed by atoms with E-state index in [1.807, 2.05) is 30.0 Å². The summed E-state index contributed by atoms with van der Waals surface area (Å²) in [6.45, 7) is 3.51. The van der Waals surface area contributed by atoms with E-state index < -0.39 is 0 Å². The van der Waals surface area contributed by atoms with Crippen LogP contribution in [0.1, 0.15) is 12.5 Å². The van der Waals surface area contributed by atoms with E-state index in [4.69, 9.17) is 15.2 Å². The SMILES string of the molecule is CCSCCOc1ccc(OC)cc1CCN. The lowest BCUT2D eigenvalue weighted by atomic mass is 10.1. The van der Waals surface area contributed by atoms with Gasteiger partial charge in [-0.2, -0.15) is 11.8 Å². The molecule has 0 aliphatic heterocycles. The highest BCUT2D eigenvalue weighted by molar-refractivity contribution is 7.99. The van der Waals surface area contributed by atoms with E-state index in [1.54, 1.807) is 7.11 Å². The monoisotopic (exact) mass is 255 g/mol. The van der Waals surface area contributed by atoms with Crippen molar-refractivity contribution in [3.8, 4) is 11.5 Å². The molecule has 0 bridgehead atoms. The Labute approximate surface area is 108 Å². The summed E-state index contributed by atoms with van der Waals surface area (Å²) >= 11 is 1.88. The minimum Gasteiger partial charge on any atom is -0.497 e. The van der Waals surface area contributed by atoms with Crippen molar-refractivity contribution in [3.05, 3.63) is 23.8 Å². The molecular weight excluding hydrogens is 234 g/mol. The predicted octanol–water partition coefficient (Wildman–Crippen LogP) is 2.33. The largest absolute Gasteiger partial charge is 0.497 e. The number of rotatable bonds is 8. The van der Waals surface area contributed by atoms with Gasteiger partial charge in [0.15, 0.2) is 0 Å². The van der Waals surface area contributed by atoms with Gasteiger partial charge in [0.2, 0.25) is 0 Å². The summed E-state index contributed by atoms with van der Waals surface area (Å²) in [4.78, 5) is 0. The van der Waals surface area contributed by atoms with Crippen LogP contribution in [-0.4, -0.2) is 31.8 Å². The molecule has 0 aliphatic carbocycles. The number of hydrogen-bond acceptors (Lipinski definition) is 4. The van der Waals surface area contributed by atoms with Gasteiger partial charge in [0.1, 0.15) is 11.5 Å². The third-order valence-corrected chi connectivity index (χ3v) is 3.23. The van der Waals surface area contributed by atoms with Gasteiger partial charge in [0.05, 0.1) is 13.7 Å². The van der Waals surface area contributed by atoms with Crippen LogP contribution >= 0.6 is 11.8 Å². The van der Waals surface area contributed by atoms with Gasteiger partial charge in [-0.05, 0) is 42.5 Å². The van der Waals surface area contributed by atoms with Crippen LogP contribution in [0.3, 0.4) is 0 Å². The summed E-state index contributed by atoms with van der Waals surface area (Å²) in [7, 11) is 1.67. The van der Waals surface area contributed by atoms with E-state index in [1.165, 1.54) is 0 Å². The number of benzene rings is 1. The second kappa shape index (κ2) is 8.25. The standard InChI is InChI=1S/C13H21NO2S/c1-3-17-9-8-16-13-5-4-12(15-2)10-11(13)6-7-14/h4-5,10H,3,6-9,14H2,1-2H3. The van der Waals surface area contributed by atoms with E-state index in [2.05, 4.69) is 6.92 Å². The Morgan fingerprint density at radius 2 is 2.18 bits per heavy atom. The van der Waals surface area contributed by atoms with Gasteiger partial charge in [-0.15, -0.1) is 0 Å². The van der Waals surface area contributed by atoms with E-state index >= 15 is 0 Å². The fourth-order valence-corrected chi connectivity index (χ4v) is 2.02. The van der Waals surface area contributed by atoms with Crippen molar-refractivity contribution in [1.29, 1.82) is 0 Å². The molecule has 0 aliphatic rings. The van der Waals surface area contributed by atoms with Crippen molar-refractivity contribution in [2.75, 3.05) is 31.8 Å². The topological polar surface area (TPSA) is 44.5 Å². The Kier molecular flexibility index (Phi) is 6.89.